The number of H-pyrrole nitrogens is 1. The number of rotatable bonds is 2. The highest BCUT2D eigenvalue weighted by atomic mass is 35.5. The van der Waals surface area contributed by atoms with E-state index in [9.17, 15) is 4.79 Å². The first kappa shape index (κ1) is 13.3. The summed E-state index contributed by atoms with van der Waals surface area (Å²) in [7, 11) is 0. The number of aromatic nitrogens is 2. The standard InChI is InChI=1S/C15H13ClN2OS/c1-3-11-17-14(19)13-12(8(2)20-15(13)18-11)9-4-6-10(16)7-5-9/h4-7H,3H2,1-2H3,(H,17,18,19). The van der Waals surface area contributed by atoms with E-state index in [1.807, 2.05) is 38.1 Å². The maximum atomic E-state index is 12.3. The third kappa shape index (κ3) is 2.15. The smallest absolute Gasteiger partial charge is 0.260 e. The molecule has 0 amide bonds. The summed E-state index contributed by atoms with van der Waals surface area (Å²) in [6.45, 7) is 3.99. The Bertz CT molecular complexity index is 833. The second-order valence-corrected chi connectivity index (χ2v) is 6.23. The lowest BCUT2D eigenvalue weighted by Gasteiger charge is -2.02. The van der Waals surface area contributed by atoms with Crippen LogP contribution >= 0.6 is 22.9 Å². The molecule has 0 aliphatic carbocycles. The maximum absolute atomic E-state index is 12.3. The van der Waals surface area contributed by atoms with Gasteiger partial charge in [-0.05, 0) is 24.6 Å². The molecule has 0 radical (unpaired) electrons. The molecule has 0 atom stereocenters. The van der Waals surface area contributed by atoms with Gasteiger partial charge in [-0.1, -0.05) is 30.7 Å². The fourth-order valence-corrected chi connectivity index (χ4v) is 3.49. The summed E-state index contributed by atoms with van der Waals surface area (Å²) in [5.74, 6) is 0.728. The van der Waals surface area contributed by atoms with Gasteiger partial charge in [0, 0.05) is 21.9 Å². The van der Waals surface area contributed by atoms with Crippen LogP contribution in [0.1, 0.15) is 17.6 Å². The number of fused-ring (bicyclic) bond motifs is 1. The molecule has 0 aliphatic heterocycles. The highest BCUT2D eigenvalue weighted by molar-refractivity contribution is 7.19. The molecule has 0 bridgehead atoms. The first-order valence-corrected chi connectivity index (χ1v) is 7.58. The first-order valence-electron chi connectivity index (χ1n) is 6.38. The van der Waals surface area contributed by atoms with Gasteiger partial charge in [0.1, 0.15) is 10.7 Å². The second-order valence-electron chi connectivity index (χ2n) is 4.59. The summed E-state index contributed by atoms with van der Waals surface area (Å²) in [5, 5.41) is 1.36. The summed E-state index contributed by atoms with van der Waals surface area (Å²) in [5.41, 5.74) is 1.88. The van der Waals surface area contributed by atoms with Crippen molar-refractivity contribution in [1.29, 1.82) is 0 Å². The molecule has 0 aliphatic rings. The van der Waals surface area contributed by atoms with Gasteiger partial charge in [0.15, 0.2) is 0 Å². The van der Waals surface area contributed by atoms with Gasteiger partial charge in [-0.3, -0.25) is 4.79 Å². The van der Waals surface area contributed by atoms with Gasteiger partial charge in [-0.15, -0.1) is 11.3 Å². The lowest BCUT2D eigenvalue weighted by Crippen LogP contribution is -2.10. The van der Waals surface area contributed by atoms with E-state index >= 15 is 0 Å². The normalized spacial score (nSPS) is 11.2. The van der Waals surface area contributed by atoms with Crippen LogP contribution in [-0.4, -0.2) is 9.97 Å². The minimum atomic E-state index is -0.0684. The van der Waals surface area contributed by atoms with E-state index in [-0.39, 0.29) is 5.56 Å². The Morgan fingerprint density at radius 2 is 2.00 bits per heavy atom. The van der Waals surface area contributed by atoms with E-state index in [1.54, 1.807) is 11.3 Å². The number of hydrogen-bond acceptors (Lipinski definition) is 3. The Labute approximate surface area is 125 Å². The number of halogens is 1. The summed E-state index contributed by atoms with van der Waals surface area (Å²) >= 11 is 7.48. The zero-order chi connectivity index (χ0) is 14.3. The van der Waals surface area contributed by atoms with Gasteiger partial charge >= 0.3 is 0 Å². The van der Waals surface area contributed by atoms with Crippen LogP contribution in [0.2, 0.25) is 5.02 Å². The molecule has 0 fully saturated rings. The maximum Gasteiger partial charge on any atom is 0.260 e. The minimum absolute atomic E-state index is 0.0684. The van der Waals surface area contributed by atoms with E-state index in [2.05, 4.69) is 9.97 Å². The molecular formula is C15H13ClN2OS. The molecule has 0 unspecified atom stereocenters. The van der Waals surface area contributed by atoms with Gasteiger partial charge in [0.25, 0.3) is 5.56 Å². The molecule has 102 valence electrons. The van der Waals surface area contributed by atoms with Gasteiger partial charge in [-0.2, -0.15) is 0 Å². The van der Waals surface area contributed by atoms with Crippen LogP contribution in [0.25, 0.3) is 21.3 Å². The summed E-state index contributed by atoms with van der Waals surface area (Å²) in [4.78, 5) is 21.6. The van der Waals surface area contributed by atoms with Crippen LogP contribution < -0.4 is 5.56 Å². The highest BCUT2D eigenvalue weighted by Crippen LogP contribution is 2.35. The quantitative estimate of drug-likeness (QED) is 0.772. The predicted molar refractivity (Wildman–Crippen MR) is 84.8 cm³/mol. The van der Waals surface area contributed by atoms with Crippen molar-refractivity contribution in [3.8, 4) is 11.1 Å². The zero-order valence-corrected chi connectivity index (χ0v) is 12.7. The number of nitrogens with zero attached hydrogens (tertiary/aromatic N) is 1. The number of aromatic amines is 1. The fourth-order valence-electron chi connectivity index (χ4n) is 2.30. The Kier molecular flexibility index (Phi) is 3.36. The lowest BCUT2D eigenvalue weighted by atomic mass is 10.0. The molecule has 20 heavy (non-hydrogen) atoms. The van der Waals surface area contributed by atoms with Crippen LogP contribution in [0.5, 0.6) is 0 Å². The van der Waals surface area contributed by atoms with Crippen molar-refractivity contribution in [3.63, 3.8) is 0 Å². The molecule has 0 spiro atoms. The molecule has 2 heterocycles. The molecule has 1 N–H and O–H groups in total. The zero-order valence-electron chi connectivity index (χ0n) is 11.2. The molecule has 1 aromatic carbocycles. The molecular weight excluding hydrogens is 292 g/mol. The van der Waals surface area contributed by atoms with E-state index < -0.39 is 0 Å². The number of hydrogen-bond donors (Lipinski definition) is 1. The minimum Gasteiger partial charge on any atom is -0.310 e. The summed E-state index contributed by atoms with van der Waals surface area (Å²) in [6.07, 6.45) is 0.721. The van der Waals surface area contributed by atoms with Crippen molar-refractivity contribution in [1.82, 2.24) is 9.97 Å². The Morgan fingerprint density at radius 1 is 1.30 bits per heavy atom. The largest absolute Gasteiger partial charge is 0.310 e. The predicted octanol–water partition coefficient (Wildman–Crippen LogP) is 4.18. The number of nitrogens with one attached hydrogen (secondary N) is 1. The summed E-state index contributed by atoms with van der Waals surface area (Å²) in [6, 6.07) is 7.54. The first-order chi connectivity index (χ1) is 9.60. The van der Waals surface area contributed by atoms with E-state index in [1.165, 1.54) is 0 Å². The van der Waals surface area contributed by atoms with Crippen LogP contribution in [0.15, 0.2) is 29.1 Å². The van der Waals surface area contributed by atoms with Crippen molar-refractivity contribution in [2.24, 2.45) is 0 Å². The Morgan fingerprint density at radius 3 is 2.65 bits per heavy atom. The van der Waals surface area contributed by atoms with Crippen molar-refractivity contribution < 1.29 is 0 Å². The molecule has 0 saturated heterocycles. The second kappa shape index (κ2) is 5.04. The van der Waals surface area contributed by atoms with Gasteiger partial charge < -0.3 is 4.98 Å². The lowest BCUT2D eigenvalue weighted by molar-refractivity contribution is 0.948. The van der Waals surface area contributed by atoms with Gasteiger partial charge in [-0.25, -0.2) is 4.98 Å². The molecule has 3 rings (SSSR count). The number of aryl methyl sites for hydroxylation is 2. The van der Waals surface area contributed by atoms with Crippen LogP contribution in [0.3, 0.4) is 0 Å². The van der Waals surface area contributed by atoms with E-state index in [4.69, 9.17) is 11.6 Å². The van der Waals surface area contributed by atoms with E-state index in [0.29, 0.717) is 10.4 Å². The third-order valence-corrected chi connectivity index (χ3v) is 4.51. The molecule has 0 saturated carbocycles. The monoisotopic (exact) mass is 304 g/mol. The molecule has 3 aromatic rings. The van der Waals surface area contributed by atoms with Crippen molar-refractivity contribution in [2.45, 2.75) is 20.3 Å². The van der Waals surface area contributed by atoms with Gasteiger partial charge in [0.05, 0.1) is 5.39 Å². The van der Waals surface area contributed by atoms with Crippen LogP contribution in [0, 0.1) is 6.92 Å². The molecule has 5 heteroatoms. The number of thiophene rings is 1. The third-order valence-electron chi connectivity index (χ3n) is 3.25. The van der Waals surface area contributed by atoms with Crippen LogP contribution in [-0.2, 0) is 6.42 Å². The molecule has 3 nitrogen and oxygen atoms in total. The van der Waals surface area contributed by atoms with Gasteiger partial charge in [0.2, 0.25) is 0 Å². The highest BCUT2D eigenvalue weighted by Gasteiger charge is 2.16. The number of benzene rings is 1. The fraction of sp³-hybridized carbons (Fsp3) is 0.200. The Balaban J connectivity index is 2.33. The summed E-state index contributed by atoms with van der Waals surface area (Å²) < 4.78 is 0. The SMILES string of the molecule is CCc1nc2sc(C)c(-c3ccc(Cl)cc3)c2c(=O)[nH]1. The van der Waals surface area contributed by atoms with Crippen molar-refractivity contribution >= 4 is 33.2 Å². The van der Waals surface area contributed by atoms with Crippen molar-refractivity contribution in [3.05, 3.63) is 50.3 Å². The van der Waals surface area contributed by atoms with Crippen molar-refractivity contribution in [2.75, 3.05) is 0 Å². The molecule has 2 aromatic heterocycles. The average Bonchev–Trinajstić information content (AvgIpc) is 2.76. The average molecular weight is 305 g/mol. The Hall–Kier alpha value is -1.65. The topological polar surface area (TPSA) is 45.8 Å². The van der Waals surface area contributed by atoms with E-state index in [0.717, 1.165) is 33.1 Å². The van der Waals surface area contributed by atoms with Crippen LogP contribution in [0.4, 0.5) is 0 Å².